The summed E-state index contributed by atoms with van der Waals surface area (Å²) in [5.41, 5.74) is -0.770. The first-order chi connectivity index (χ1) is 18.0. The molecule has 8 nitrogen and oxygen atoms in total. The lowest BCUT2D eigenvalue weighted by atomic mass is 9.44. The summed E-state index contributed by atoms with van der Waals surface area (Å²) in [5, 5.41) is 20.9. The minimum atomic E-state index is -1.37. The van der Waals surface area contributed by atoms with Gasteiger partial charge in [-0.1, -0.05) is 26.8 Å². The monoisotopic (exact) mass is 528 g/mol. The molecule has 2 bridgehead atoms. The van der Waals surface area contributed by atoms with Crippen molar-refractivity contribution in [2.45, 2.75) is 83.9 Å². The zero-order chi connectivity index (χ0) is 26.8. The van der Waals surface area contributed by atoms with Gasteiger partial charge < -0.3 is 29.0 Å². The summed E-state index contributed by atoms with van der Waals surface area (Å²) in [4.78, 5) is 26.7. The number of hydrogen-bond donors (Lipinski definition) is 2. The van der Waals surface area contributed by atoms with Gasteiger partial charge in [-0.15, -0.1) is 0 Å². The summed E-state index contributed by atoms with van der Waals surface area (Å²) in [5.74, 6) is -2.55. The van der Waals surface area contributed by atoms with Crippen LogP contribution in [0.25, 0.3) is 0 Å². The summed E-state index contributed by atoms with van der Waals surface area (Å²) in [6.07, 6.45) is 3.28. The van der Waals surface area contributed by atoms with Crippen LogP contribution < -0.4 is 10.2 Å². The van der Waals surface area contributed by atoms with Gasteiger partial charge in [0.15, 0.2) is 24.0 Å². The topological polar surface area (TPSA) is 112 Å². The molecule has 2 aliphatic heterocycles. The number of aliphatic hydroxyl groups is 1. The number of fused-ring (bicyclic) bond motifs is 1. The van der Waals surface area contributed by atoms with Gasteiger partial charge >= 0.3 is 13.1 Å². The van der Waals surface area contributed by atoms with E-state index in [1.807, 2.05) is 0 Å². The Morgan fingerprint density at radius 2 is 2.08 bits per heavy atom. The Balaban J connectivity index is 1.18. The zero-order valence-electron chi connectivity index (χ0n) is 22.0. The average molecular weight is 528 g/mol. The van der Waals surface area contributed by atoms with E-state index in [0.29, 0.717) is 24.8 Å². The SMILES string of the molecule is C[C@@H]1CC[C@@]23CCC(=O)[C@H]2[C@]1(C)[C@H](OC(=O)COc1ccc2c(c1F)B(O)OC2)C[C@]12CC1(O)O[C@H]2[C@@H]3C. The van der Waals surface area contributed by atoms with E-state index < -0.39 is 48.2 Å². The average Bonchev–Trinajstić information content (AvgIpc) is 3.19. The highest BCUT2D eigenvalue weighted by Crippen LogP contribution is 2.79. The third kappa shape index (κ3) is 2.95. The van der Waals surface area contributed by atoms with Gasteiger partial charge in [0.25, 0.3) is 0 Å². The van der Waals surface area contributed by atoms with Crippen LogP contribution in [0.15, 0.2) is 12.1 Å². The molecular weight excluding hydrogens is 494 g/mol. The second kappa shape index (κ2) is 7.80. The summed E-state index contributed by atoms with van der Waals surface area (Å²) in [6, 6.07) is 3.01. The second-order valence-corrected chi connectivity index (χ2v) is 13.0. The standard InChI is InChI=1S/C28H34BFO8/c1-14-6-8-26-9-7-17(31)23(26)25(14,3)19(10-27-13-28(27,33)38-24(27)15(26)2)37-20(32)12-35-18-5-4-16-11-36-29(34)21(16)22(18)30/h4-5,14-15,19,23-24,33-34H,6-13H2,1-3H3/t14-,15+,19-,23+,24+,25+,26+,27-,28?/m1/s1. The van der Waals surface area contributed by atoms with Crippen LogP contribution in [0.5, 0.6) is 5.75 Å². The van der Waals surface area contributed by atoms with Crippen molar-refractivity contribution in [2.75, 3.05) is 6.61 Å². The van der Waals surface area contributed by atoms with E-state index in [9.17, 15) is 24.1 Å². The molecule has 0 aromatic heterocycles. The van der Waals surface area contributed by atoms with Crippen molar-refractivity contribution in [1.82, 2.24) is 0 Å². The largest absolute Gasteiger partial charge is 0.494 e. The van der Waals surface area contributed by atoms with E-state index in [2.05, 4.69) is 20.8 Å². The minimum absolute atomic E-state index is 0.0211. The minimum Gasteiger partial charge on any atom is -0.479 e. The number of rotatable bonds is 4. The number of Topliss-reactive ketones (excluding diaryl/α,β-unsaturated/α-hetero) is 1. The molecule has 2 heterocycles. The van der Waals surface area contributed by atoms with E-state index in [0.717, 1.165) is 19.3 Å². The van der Waals surface area contributed by atoms with Gasteiger partial charge in [-0.05, 0) is 54.6 Å². The molecule has 1 spiro atoms. The van der Waals surface area contributed by atoms with E-state index in [-0.39, 0.29) is 52.9 Å². The van der Waals surface area contributed by atoms with E-state index >= 15 is 0 Å². The summed E-state index contributed by atoms with van der Waals surface area (Å²) >= 11 is 0. The Morgan fingerprint density at radius 1 is 1.29 bits per heavy atom. The third-order valence-corrected chi connectivity index (χ3v) is 11.6. The molecule has 1 unspecified atom stereocenters. The molecule has 6 aliphatic rings. The normalized spacial score (nSPS) is 46.1. The fourth-order valence-corrected chi connectivity index (χ4v) is 9.28. The van der Waals surface area contributed by atoms with Gasteiger partial charge in [-0.25, -0.2) is 9.18 Å². The lowest BCUT2D eigenvalue weighted by Crippen LogP contribution is -2.66. The van der Waals surface area contributed by atoms with Crippen molar-refractivity contribution in [2.24, 2.45) is 34.0 Å². The number of ether oxygens (including phenoxy) is 3. The fourth-order valence-electron chi connectivity index (χ4n) is 9.28. The van der Waals surface area contributed by atoms with Crippen LogP contribution in [0.1, 0.15) is 64.9 Å². The van der Waals surface area contributed by atoms with Crippen molar-refractivity contribution >= 4 is 24.3 Å². The highest BCUT2D eigenvalue weighted by Gasteiger charge is 2.86. The summed E-state index contributed by atoms with van der Waals surface area (Å²) in [6.45, 7) is 5.99. The molecule has 4 saturated carbocycles. The highest BCUT2D eigenvalue weighted by atomic mass is 19.1. The molecule has 2 N–H and O–H groups in total. The van der Waals surface area contributed by atoms with Crippen molar-refractivity contribution in [1.29, 1.82) is 0 Å². The molecular formula is C28H34BFO8. The Hall–Kier alpha value is -2.01. The number of hydrogen-bond acceptors (Lipinski definition) is 8. The number of ketones is 1. The Kier molecular flexibility index (Phi) is 5.13. The van der Waals surface area contributed by atoms with Crippen molar-refractivity contribution in [3.05, 3.63) is 23.5 Å². The molecule has 1 aromatic carbocycles. The van der Waals surface area contributed by atoms with Gasteiger partial charge in [-0.2, -0.15) is 0 Å². The molecule has 9 atom stereocenters. The first kappa shape index (κ1) is 25.0. The molecule has 0 amide bonds. The van der Waals surface area contributed by atoms with Gasteiger partial charge in [0.05, 0.1) is 18.1 Å². The lowest BCUT2D eigenvalue weighted by Gasteiger charge is -2.63. The molecule has 0 radical (unpaired) electrons. The molecule has 1 saturated heterocycles. The maximum atomic E-state index is 14.9. The van der Waals surface area contributed by atoms with Crippen molar-refractivity contribution in [3.63, 3.8) is 0 Å². The summed E-state index contributed by atoms with van der Waals surface area (Å²) in [7, 11) is -1.37. The number of benzene rings is 1. The number of carbonyl (C=O) groups is 2. The Morgan fingerprint density at radius 3 is 2.82 bits per heavy atom. The lowest BCUT2D eigenvalue weighted by molar-refractivity contribution is -0.330. The third-order valence-electron chi connectivity index (χ3n) is 11.6. The van der Waals surface area contributed by atoms with Crippen LogP contribution in [0, 0.1) is 39.8 Å². The first-order valence-electron chi connectivity index (χ1n) is 13.8. The molecule has 10 heteroatoms. The maximum absolute atomic E-state index is 14.9. The quantitative estimate of drug-likeness (QED) is 0.453. The highest BCUT2D eigenvalue weighted by molar-refractivity contribution is 6.61. The van der Waals surface area contributed by atoms with Crippen LogP contribution >= 0.6 is 0 Å². The molecule has 1 aromatic rings. The van der Waals surface area contributed by atoms with Crippen LogP contribution in [0.4, 0.5) is 4.39 Å². The van der Waals surface area contributed by atoms with Gasteiger partial charge in [-0.3, -0.25) is 4.79 Å². The van der Waals surface area contributed by atoms with Gasteiger partial charge in [0, 0.05) is 29.6 Å². The van der Waals surface area contributed by atoms with E-state index in [1.54, 1.807) is 6.07 Å². The van der Waals surface area contributed by atoms with Gasteiger partial charge in [0.2, 0.25) is 0 Å². The van der Waals surface area contributed by atoms with E-state index in [1.165, 1.54) is 6.07 Å². The maximum Gasteiger partial charge on any atom is 0.494 e. The zero-order valence-corrected chi connectivity index (χ0v) is 22.0. The fraction of sp³-hybridized carbons (Fsp3) is 0.714. The van der Waals surface area contributed by atoms with E-state index in [4.69, 9.17) is 18.9 Å². The predicted octanol–water partition coefficient (Wildman–Crippen LogP) is 2.25. The van der Waals surface area contributed by atoms with Crippen LogP contribution in [-0.4, -0.2) is 53.6 Å². The number of carbonyl (C=O) groups excluding carboxylic acids is 2. The Bertz CT molecular complexity index is 1240. The molecule has 204 valence electrons. The smallest absolute Gasteiger partial charge is 0.479 e. The van der Waals surface area contributed by atoms with Crippen LogP contribution in [0.3, 0.4) is 0 Å². The van der Waals surface area contributed by atoms with Crippen LogP contribution in [-0.2, 0) is 30.3 Å². The first-order valence-corrected chi connectivity index (χ1v) is 13.8. The number of halogens is 1. The predicted molar refractivity (Wildman–Crippen MR) is 131 cm³/mol. The van der Waals surface area contributed by atoms with Crippen molar-refractivity contribution < 1.29 is 43.0 Å². The Labute approximate surface area is 221 Å². The second-order valence-electron chi connectivity index (χ2n) is 13.0. The molecule has 7 rings (SSSR count). The molecule has 5 fully saturated rings. The van der Waals surface area contributed by atoms with Crippen molar-refractivity contribution in [3.8, 4) is 5.75 Å². The van der Waals surface area contributed by atoms with Gasteiger partial charge in [0.1, 0.15) is 11.9 Å². The summed E-state index contributed by atoms with van der Waals surface area (Å²) < 4.78 is 37.7. The molecule has 4 aliphatic carbocycles. The molecule has 38 heavy (non-hydrogen) atoms. The van der Waals surface area contributed by atoms with Crippen LogP contribution in [0.2, 0.25) is 0 Å². The number of esters is 1.